The summed E-state index contributed by atoms with van der Waals surface area (Å²) in [5, 5.41) is 11.7. The lowest BCUT2D eigenvalue weighted by atomic mass is 10.0. The zero-order chi connectivity index (χ0) is 14.4. The number of pyridine rings is 1. The second-order valence-electron chi connectivity index (χ2n) is 4.48. The molecule has 1 aromatic heterocycles. The normalized spacial score (nSPS) is 11.6. The molecular weight excluding hydrogens is 325 g/mol. The smallest absolute Gasteiger partial charge is 0.354 e. The molecule has 22 heavy (non-hydrogen) atoms. The second kappa shape index (κ2) is 10.00. The van der Waals surface area contributed by atoms with Crippen molar-refractivity contribution in [2.75, 3.05) is 12.3 Å². The number of carboxylic acid groups (broad SMARTS) is 1. The first kappa shape index (κ1) is 20.2. The number of nitrogen functional groups attached to an aromatic ring is 1. The standard InChI is InChI=1S/C9H11N.C6H6N2O2.2ClH/c1-2-4-9-7-10-6-5-8(9)3-1;7-4-1-2-8-5(3-4)6(9)10;;/h1-4,10H,5-7H2;1-3H,(H2,7,8)(H,9,10);2*1H. The van der Waals surface area contributed by atoms with E-state index in [-0.39, 0.29) is 30.5 Å². The summed E-state index contributed by atoms with van der Waals surface area (Å²) in [5.74, 6) is -1.06. The molecule has 1 aliphatic heterocycles. The molecule has 1 aromatic carbocycles. The molecule has 2 heterocycles. The van der Waals surface area contributed by atoms with Crippen LogP contribution in [0.5, 0.6) is 0 Å². The van der Waals surface area contributed by atoms with Gasteiger partial charge in [-0.3, -0.25) is 0 Å². The molecule has 2 aromatic rings. The van der Waals surface area contributed by atoms with Gasteiger partial charge in [-0.05, 0) is 36.2 Å². The van der Waals surface area contributed by atoms with E-state index in [4.69, 9.17) is 10.8 Å². The van der Waals surface area contributed by atoms with Crippen molar-refractivity contribution in [3.05, 3.63) is 59.4 Å². The highest BCUT2D eigenvalue weighted by Crippen LogP contribution is 2.11. The molecule has 120 valence electrons. The Bertz CT molecular complexity index is 584. The molecule has 5 nitrogen and oxygen atoms in total. The van der Waals surface area contributed by atoms with Crippen LogP contribution in [0.25, 0.3) is 0 Å². The fourth-order valence-corrected chi connectivity index (χ4v) is 1.98. The van der Waals surface area contributed by atoms with Crippen molar-refractivity contribution in [2.45, 2.75) is 13.0 Å². The number of halogens is 2. The second-order valence-corrected chi connectivity index (χ2v) is 4.48. The van der Waals surface area contributed by atoms with Gasteiger partial charge in [0.2, 0.25) is 0 Å². The van der Waals surface area contributed by atoms with E-state index in [0.29, 0.717) is 5.69 Å². The predicted octanol–water partition coefficient (Wildman–Crippen LogP) is 2.54. The highest BCUT2D eigenvalue weighted by atomic mass is 35.5. The summed E-state index contributed by atoms with van der Waals surface area (Å²) in [4.78, 5) is 13.8. The lowest BCUT2D eigenvalue weighted by Crippen LogP contribution is -2.23. The van der Waals surface area contributed by atoms with Crippen molar-refractivity contribution in [2.24, 2.45) is 0 Å². The quantitative estimate of drug-likeness (QED) is 0.740. The van der Waals surface area contributed by atoms with Gasteiger partial charge in [0.1, 0.15) is 5.69 Å². The summed E-state index contributed by atoms with van der Waals surface area (Å²) < 4.78 is 0. The Labute approximate surface area is 141 Å². The largest absolute Gasteiger partial charge is 0.477 e. The lowest BCUT2D eigenvalue weighted by molar-refractivity contribution is 0.0690. The van der Waals surface area contributed by atoms with Gasteiger partial charge in [0.15, 0.2) is 0 Å². The zero-order valence-electron chi connectivity index (χ0n) is 11.9. The Morgan fingerprint density at radius 3 is 2.41 bits per heavy atom. The number of hydrogen-bond acceptors (Lipinski definition) is 4. The molecule has 3 rings (SSSR count). The number of carbonyl (C=O) groups is 1. The molecule has 7 heteroatoms. The minimum atomic E-state index is -1.06. The molecule has 0 saturated carbocycles. The van der Waals surface area contributed by atoms with Gasteiger partial charge in [0.25, 0.3) is 0 Å². The third-order valence-corrected chi connectivity index (χ3v) is 3.01. The van der Waals surface area contributed by atoms with Crippen LogP contribution in [0.3, 0.4) is 0 Å². The van der Waals surface area contributed by atoms with Crippen LogP contribution in [0, 0.1) is 0 Å². The summed E-state index contributed by atoms with van der Waals surface area (Å²) in [6, 6.07) is 11.5. The number of nitrogens with two attached hydrogens (primary N) is 1. The molecule has 4 N–H and O–H groups in total. The number of nitrogens with one attached hydrogen (secondary N) is 1. The van der Waals surface area contributed by atoms with Crippen LogP contribution in [0.4, 0.5) is 5.69 Å². The van der Waals surface area contributed by atoms with Gasteiger partial charge in [-0.25, -0.2) is 9.78 Å². The third kappa shape index (κ3) is 5.89. The molecule has 0 fully saturated rings. The van der Waals surface area contributed by atoms with E-state index < -0.39 is 5.97 Å². The molecule has 0 unspecified atom stereocenters. The first-order valence-electron chi connectivity index (χ1n) is 6.39. The van der Waals surface area contributed by atoms with Crippen molar-refractivity contribution < 1.29 is 9.90 Å². The predicted molar refractivity (Wildman–Crippen MR) is 92.0 cm³/mol. The van der Waals surface area contributed by atoms with Gasteiger partial charge in [-0.2, -0.15) is 0 Å². The maximum atomic E-state index is 10.2. The van der Waals surface area contributed by atoms with E-state index in [1.165, 1.54) is 35.9 Å². The Morgan fingerprint density at radius 1 is 1.18 bits per heavy atom. The molecule has 0 atom stereocenters. The number of anilines is 1. The Kier molecular flexibility index (Phi) is 9.17. The monoisotopic (exact) mass is 343 g/mol. The molecule has 0 saturated heterocycles. The van der Waals surface area contributed by atoms with Gasteiger partial charge >= 0.3 is 5.97 Å². The van der Waals surface area contributed by atoms with E-state index in [2.05, 4.69) is 34.6 Å². The summed E-state index contributed by atoms with van der Waals surface area (Å²) in [5.41, 5.74) is 8.66. The summed E-state index contributed by atoms with van der Waals surface area (Å²) in [6.45, 7) is 2.19. The van der Waals surface area contributed by atoms with Crippen LogP contribution < -0.4 is 11.1 Å². The van der Waals surface area contributed by atoms with Crippen LogP contribution in [-0.4, -0.2) is 22.6 Å². The van der Waals surface area contributed by atoms with E-state index in [1.54, 1.807) is 0 Å². The minimum absolute atomic E-state index is 0. The van der Waals surface area contributed by atoms with Gasteiger partial charge in [-0.15, -0.1) is 24.8 Å². The Morgan fingerprint density at radius 2 is 1.86 bits per heavy atom. The number of fused-ring (bicyclic) bond motifs is 1. The molecular formula is C15H19Cl2N3O2. The lowest BCUT2D eigenvalue weighted by Gasteiger charge is -2.15. The molecule has 0 radical (unpaired) electrons. The average molecular weight is 344 g/mol. The maximum absolute atomic E-state index is 10.2. The number of aromatic nitrogens is 1. The highest BCUT2D eigenvalue weighted by molar-refractivity contribution is 5.86. The van der Waals surface area contributed by atoms with Crippen LogP contribution in [0.2, 0.25) is 0 Å². The minimum Gasteiger partial charge on any atom is -0.477 e. The van der Waals surface area contributed by atoms with Crippen molar-refractivity contribution in [1.29, 1.82) is 0 Å². The molecule has 0 amide bonds. The Balaban J connectivity index is 0.000000367. The van der Waals surface area contributed by atoms with Crippen LogP contribution in [-0.2, 0) is 13.0 Å². The number of rotatable bonds is 1. The average Bonchev–Trinajstić information content (AvgIpc) is 2.48. The fraction of sp³-hybridized carbons (Fsp3) is 0.200. The third-order valence-electron chi connectivity index (χ3n) is 3.01. The number of carboxylic acids is 1. The summed E-state index contributed by atoms with van der Waals surface area (Å²) in [7, 11) is 0. The zero-order valence-corrected chi connectivity index (χ0v) is 13.5. The van der Waals surface area contributed by atoms with E-state index >= 15 is 0 Å². The SMILES string of the molecule is Cl.Cl.Nc1ccnc(C(=O)O)c1.c1ccc2c(c1)CCNC2. The van der Waals surface area contributed by atoms with Gasteiger partial charge in [0.05, 0.1) is 0 Å². The number of nitrogens with zero attached hydrogens (tertiary/aromatic N) is 1. The van der Waals surface area contributed by atoms with Gasteiger partial charge in [0, 0.05) is 18.4 Å². The number of benzene rings is 1. The van der Waals surface area contributed by atoms with Gasteiger partial charge < -0.3 is 16.2 Å². The highest BCUT2D eigenvalue weighted by Gasteiger charge is 2.05. The molecule has 1 aliphatic rings. The van der Waals surface area contributed by atoms with Gasteiger partial charge in [-0.1, -0.05) is 24.3 Å². The molecule has 0 bridgehead atoms. The van der Waals surface area contributed by atoms with E-state index in [9.17, 15) is 4.79 Å². The first-order valence-corrected chi connectivity index (χ1v) is 6.39. The van der Waals surface area contributed by atoms with Crippen LogP contribution >= 0.6 is 24.8 Å². The van der Waals surface area contributed by atoms with Crippen molar-refractivity contribution >= 4 is 36.5 Å². The first-order chi connectivity index (χ1) is 9.66. The Hall–Kier alpha value is -1.82. The number of aromatic carboxylic acids is 1. The van der Waals surface area contributed by atoms with Crippen molar-refractivity contribution in [1.82, 2.24) is 10.3 Å². The topological polar surface area (TPSA) is 88.2 Å². The van der Waals surface area contributed by atoms with E-state index in [0.717, 1.165) is 13.1 Å². The maximum Gasteiger partial charge on any atom is 0.354 e. The fourth-order valence-electron chi connectivity index (χ4n) is 1.98. The van der Waals surface area contributed by atoms with Crippen LogP contribution in [0.1, 0.15) is 21.6 Å². The van der Waals surface area contributed by atoms with Crippen molar-refractivity contribution in [3.8, 4) is 0 Å². The molecule has 0 spiro atoms. The molecule has 0 aliphatic carbocycles. The van der Waals surface area contributed by atoms with E-state index in [1.807, 2.05) is 0 Å². The van der Waals surface area contributed by atoms with Crippen molar-refractivity contribution in [3.63, 3.8) is 0 Å². The van der Waals surface area contributed by atoms with Crippen LogP contribution in [0.15, 0.2) is 42.6 Å². The number of hydrogen-bond donors (Lipinski definition) is 3. The summed E-state index contributed by atoms with van der Waals surface area (Å²) >= 11 is 0. The summed E-state index contributed by atoms with van der Waals surface area (Å²) in [6.07, 6.45) is 2.55.